The van der Waals surface area contributed by atoms with E-state index < -0.39 is 12.2 Å². The molecule has 4 atom stereocenters. The Morgan fingerprint density at radius 3 is 2.19 bits per heavy atom. The van der Waals surface area contributed by atoms with Gasteiger partial charge in [0, 0.05) is 6.04 Å². The fourth-order valence-corrected chi connectivity index (χ4v) is 2.08. The van der Waals surface area contributed by atoms with Crippen LogP contribution in [0.15, 0.2) is 24.3 Å². The molecule has 1 saturated heterocycles. The van der Waals surface area contributed by atoms with Crippen LogP contribution in [0.5, 0.6) is 5.75 Å². The summed E-state index contributed by atoms with van der Waals surface area (Å²) in [4.78, 5) is 0. The van der Waals surface area contributed by atoms with Crippen LogP contribution in [0.25, 0.3) is 0 Å². The number of aliphatic hydroxyl groups is 2. The van der Waals surface area contributed by atoms with Crippen molar-refractivity contribution < 1.29 is 14.9 Å². The van der Waals surface area contributed by atoms with Crippen LogP contribution in [0.1, 0.15) is 18.5 Å². The number of aliphatic hydroxyl groups excluding tert-OH is 2. The molecular formula is C12H17NO3. The summed E-state index contributed by atoms with van der Waals surface area (Å²) in [5.41, 5.74) is 0.955. The van der Waals surface area contributed by atoms with Crippen LogP contribution in [-0.4, -0.2) is 35.6 Å². The monoisotopic (exact) mass is 223 g/mol. The van der Waals surface area contributed by atoms with Crippen molar-refractivity contribution in [3.63, 3.8) is 0 Å². The highest BCUT2D eigenvalue weighted by molar-refractivity contribution is 5.30. The van der Waals surface area contributed by atoms with Gasteiger partial charge >= 0.3 is 0 Å². The van der Waals surface area contributed by atoms with Gasteiger partial charge in [0.05, 0.1) is 19.3 Å². The molecule has 16 heavy (non-hydrogen) atoms. The van der Waals surface area contributed by atoms with E-state index in [4.69, 9.17) is 4.74 Å². The van der Waals surface area contributed by atoms with Crippen molar-refractivity contribution in [2.24, 2.45) is 0 Å². The van der Waals surface area contributed by atoms with Gasteiger partial charge in [0.1, 0.15) is 11.9 Å². The second-order valence-electron chi connectivity index (χ2n) is 4.19. The van der Waals surface area contributed by atoms with E-state index in [1.54, 1.807) is 7.11 Å². The van der Waals surface area contributed by atoms with Crippen LogP contribution < -0.4 is 10.1 Å². The van der Waals surface area contributed by atoms with Crippen LogP contribution in [0, 0.1) is 0 Å². The summed E-state index contributed by atoms with van der Waals surface area (Å²) in [6.45, 7) is 1.86. The first kappa shape index (κ1) is 11.4. The zero-order valence-corrected chi connectivity index (χ0v) is 9.42. The van der Waals surface area contributed by atoms with Crippen LogP contribution in [-0.2, 0) is 0 Å². The molecule has 0 spiro atoms. The number of hydrogen-bond donors (Lipinski definition) is 3. The van der Waals surface area contributed by atoms with E-state index in [-0.39, 0.29) is 12.1 Å². The fraction of sp³-hybridized carbons (Fsp3) is 0.500. The summed E-state index contributed by atoms with van der Waals surface area (Å²) in [6, 6.07) is 7.17. The van der Waals surface area contributed by atoms with Crippen molar-refractivity contribution in [2.75, 3.05) is 7.11 Å². The van der Waals surface area contributed by atoms with Gasteiger partial charge in [-0.1, -0.05) is 12.1 Å². The van der Waals surface area contributed by atoms with Gasteiger partial charge in [-0.25, -0.2) is 0 Å². The third-order valence-corrected chi connectivity index (χ3v) is 3.12. The summed E-state index contributed by atoms with van der Waals surface area (Å²) < 4.78 is 5.07. The Labute approximate surface area is 94.9 Å². The Hall–Kier alpha value is -1.10. The topological polar surface area (TPSA) is 61.7 Å². The number of rotatable bonds is 2. The maximum absolute atomic E-state index is 9.86. The van der Waals surface area contributed by atoms with Crippen molar-refractivity contribution >= 4 is 0 Å². The number of methoxy groups -OCH3 is 1. The van der Waals surface area contributed by atoms with Gasteiger partial charge in [-0.3, -0.25) is 0 Å². The lowest BCUT2D eigenvalue weighted by Gasteiger charge is -2.16. The molecule has 4 heteroatoms. The lowest BCUT2D eigenvalue weighted by Crippen LogP contribution is -2.29. The highest BCUT2D eigenvalue weighted by Gasteiger charge is 2.39. The lowest BCUT2D eigenvalue weighted by molar-refractivity contribution is 0.0301. The van der Waals surface area contributed by atoms with Crippen LogP contribution in [0.2, 0.25) is 0 Å². The minimum absolute atomic E-state index is 0.0953. The summed E-state index contributed by atoms with van der Waals surface area (Å²) in [5, 5.41) is 22.7. The van der Waals surface area contributed by atoms with Crippen molar-refractivity contribution in [3.05, 3.63) is 29.8 Å². The second kappa shape index (κ2) is 4.41. The minimum atomic E-state index is -0.761. The normalized spacial score (nSPS) is 34.0. The molecule has 1 aliphatic heterocycles. The lowest BCUT2D eigenvalue weighted by atomic mass is 10.0. The molecule has 1 aromatic rings. The van der Waals surface area contributed by atoms with Crippen molar-refractivity contribution in [1.82, 2.24) is 5.32 Å². The standard InChI is InChI=1S/C12H17NO3/c1-7-11(14)12(15)10(13-7)8-3-5-9(16-2)6-4-8/h3-7,10-15H,1-2H3/t7-,10+,11-,12-/m1/s1. The fourth-order valence-electron chi connectivity index (χ4n) is 2.08. The van der Waals surface area contributed by atoms with Crippen LogP contribution >= 0.6 is 0 Å². The van der Waals surface area contributed by atoms with Crippen LogP contribution in [0.4, 0.5) is 0 Å². The number of benzene rings is 1. The smallest absolute Gasteiger partial charge is 0.118 e. The Kier molecular flexibility index (Phi) is 3.14. The molecule has 0 radical (unpaired) electrons. The minimum Gasteiger partial charge on any atom is -0.497 e. The van der Waals surface area contributed by atoms with Crippen molar-refractivity contribution in [2.45, 2.75) is 31.2 Å². The largest absolute Gasteiger partial charge is 0.497 e. The highest BCUT2D eigenvalue weighted by atomic mass is 16.5. The molecule has 1 fully saturated rings. The first-order valence-corrected chi connectivity index (χ1v) is 5.39. The van der Waals surface area contributed by atoms with E-state index in [9.17, 15) is 10.2 Å². The molecule has 0 unspecified atom stereocenters. The maximum atomic E-state index is 9.86. The van der Waals surface area contributed by atoms with Crippen LogP contribution in [0.3, 0.4) is 0 Å². The van der Waals surface area contributed by atoms with Gasteiger partial charge < -0.3 is 20.3 Å². The van der Waals surface area contributed by atoms with Gasteiger partial charge in [-0.15, -0.1) is 0 Å². The molecule has 0 saturated carbocycles. The first-order valence-electron chi connectivity index (χ1n) is 5.39. The van der Waals surface area contributed by atoms with E-state index in [0.717, 1.165) is 11.3 Å². The van der Waals surface area contributed by atoms with Gasteiger partial charge in [-0.05, 0) is 24.6 Å². The molecule has 3 N–H and O–H groups in total. The average molecular weight is 223 g/mol. The van der Waals surface area contributed by atoms with Gasteiger partial charge in [0.15, 0.2) is 0 Å². The maximum Gasteiger partial charge on any atom is 0.118 e. The molecule has 1 heterocycles. The number of ether oxygens (including phenoxy) is 1. The predicted molar refractivity (Wildman–Crippen MR) is 60.3 cm³/mol. The highest BCUT2D eigenvalue weighted by Crippen LogP contribution is 2.28. The molecule has 2 rings (SSSR count). The second-order valence-corrected chi connectivity index (χ2v) is 4.19. The quantitative estimate of drug-likeness (QED) is 0.681. The molecule has 0 bridgehead atoms. The SMILES string of the molecule is COc1ccc([C@@H]2N[C@H](C)[C@@H](O)[C@@H]2O)cc1. The molecular weight excluding hydrogens is 206 g/mol. The molecule has 4 nitrogen and oxygen atoms in total. The molecule has 0 aromatic heterocycles. The first-order chi connectivity index (χ1) is 7.63. The Morgan fingerprint density at radius 2 is 1.75 bits per heavy atom. The van der Waals surface area contributed by atoms with E-state index in [0.29, 0.717) is 0 Å². The zero-order chi connectivity index (χ0) is 11.7. The number of hydrogen-bond acceptors (Lipinski definition) is 4. The van der Waals surface area contributed by atoms with Crippen molar-refractivity contribution in [1.29, 1.82) is 0 Å². The Balaban J connectivity index is 2.18. The predicted octanol–water partition coefficient (Wildman–Crippen LogP) is 0.450. The summed E-state index contributed by atoms with van der Waals surface area (Å²) in [6.07, 6.45) is -1.48. The summed E-state index contributed by atoms with van der Waals surface area (Å²) in [7, 11) is 1.61. The third kappa shape index (κ3) is 1.91. The molecule has 1 aromatic carbocycles. The van der Waals surface area contributed by atoms with Gasteiger partial charge in [-0.2, -0.15) is 0 Å². The Bertz CT molecular complexity index is 352. The van der Waals surface area contributed by atoms with E-state index >= 15 is 0 Å². The summed E-state index contributed by atoms with van der Waals surface area (Å²) in [5.74, 6) is 0.782. The zero-order valence-electron chi connectivity index (χ0n) is 9.42. The summed E-state index contributed by atoms with van der Waals surface area (Å²) >= 11 is 0. The number of nitrogens with one attached hydrogen (secondary N) is 1. The molecule has 1 aliphatic rings. The van der Waals surface area contributed by atoms with E-state index in [2.05, 4.69) is 5.32 Å². The molecule has 88 valence electrons. The van der Waals surface area contributed by atoms with Gasteiger partial charge in [0.25, 0.3) is 0 Å². The average Bonchev–Trinajstić information content (AvgIpc) is 2.57. The van der Waals surface area contributed by atoms with Gasteiger partial charge in [0.2, 0.25) is 0 Å². The molecule has 0 aliphatic carbocycles. The third-order valence-electron chi connectivity index (χ3n) is 3.12. The van der Waals surface area contributed by atoms with E-state index in [1.807, 2.05) is 31.2 Å². The van der Waals surface area contributed by atoms with E-state index in [1.165, 1.54) is 0 Å². The molecule has 0 amide bonds. The Morgan fingerprint density at radius 1 is 1.12 bits per heavy atom. The van der Waals surface area contributed by atoms with Crippen molar-refractivity contribution in [3.8, 4) is 5.75 Å².